The van der Waals surface area contributed by atoms with Gasteiger partial charge in [0.25, 0.3) is 5.91 Å². The van der Waals surface area contributed by atoms with Crippen LogP contribution in [-0.4, -0.2) is 103 Å². The number of nitriles is 1. The maximum atomic E-state index is 12.7. The number of piperazine rings is 1. The number of aliphatic hydroxyl groups excluding tert-OH is 1. The summed E-state index contributed by atoms with van der Waals surface area (Å²) in [6.45, 7) is 10.1. The van der Waals surface area contributed by atoms with Gasteiger partial charge in [-0.3, -0.25) is 19.6 Å². The summed E-state index contributed by atoms with van der Waals surface area (Å²) in [4.78, 5) is 30.5. The van der Waals surface area contributed by atoms with E-state index in [4.69, 9.17) is 16.6 Å². The first-order valence-corrected chi connectivity index (χ1v) is 18.8. The third kappa shape index (κ3) is 7.88. The Balaban J connectivity index is 1.11. The smallest absolute Gasteiger partial charge is 0.253 e. The predicted molar refractivity (Wildman–Crippen MR) is 206 cm³/mol. The quantitative estimate of drug-likeness (QED) is 0.224. The van der Waals surface area contributed by atoms with Crippen molar-refractivity contribution in [1.29, 1.82) is 5.26 Å². The second-order valence-corrected chi connectivity index (χ2v) is 15.3. The molecule has 4 aromatic rings. The molecule has 276 valence electrons. The zero-order valence-electron chi connectivity index (χ0n) is 30.6. The number of benzene rings is 2. The van der Waals surface area contributed by atoms with Crippen LogP contribution >= 0.6 is 11.6 Å². The molecule has 7 rings (SSSR count). The monoisotopic (exact) mass is 734 g/mol. The number of piperidine rings is 1. The second-order valence-electron chi connectivity index (χ2n) is 14.9. The Morgan fingerprint density at radius 1 is 1.04 bits per heavy atom. The fraction of sp³-hybridized carbons (Fsp3) is 0.415. The number of hydrogen-bond donors (Lipinski definition) is 2. The van der Waals surface area contributed by atoms with E-state index in [9.17, 15) is 20.3 Å². The molecule has 2 aromatic carbocycles. The molecule has 0 radical (unpaired) electrons. The van der Waals surface area contributed by atoms with Crippen LogP contribution in [0.2, 0.25) is 5.02 Å². The molecule has 1 amide bonds. The van der Waals surface area contributed by atoms with Crippen molar-refractivity contribution in [2.24, 2.45) is 5.92 Å². The fourth-order valence-corrected chi connectivity index (χ4v) is 8.13. The van der Waals surface area contributed by atoms with E-state index in [1.165, 1.54) is 13.8 Å². The fourth-order valence-electron chi connectivity index (χ4n) is 7.96. The van der Waals surface area contributed by atoms with Crippen LogP contribution in [-0.2, 0) is 11.3 Å². The van der Waals surface area contributed by atoms with Gasteiger partial charge in [-0.15, -0.1) is 0 Å². The van der Waals surface area contributed by atoms with Gasteiger partial charge in [0, 0.05) is 81.7 Å². The molecule has 0 spiro atoms. The summed E-state index contributed by atoms with van der Waals surface area (Å²) in [7, 11) is 0. The van der Waals surface area contributed by atoms with Gasteiger partial charge in [0.2, 0.25) is 0 Å². The van der Waals surface area contributed by atoms with E-state index in [1.807, 2.05) is 54.7 Å². The highest BCUT2D eigenvalue weighted by Crippen LogP contribution is 2.41. The van der Waals surface area contributed by atoms with Crippen molar-refractivity contribution >= 4 is 34.8 Å². The van der Waals surface area contributed by atoms with Crippen LogP contribution in [0.4, 0.5) is 5.69 Å². The zero-order chi connectivity index (χ0) is 37.3. The van der Waals surface area contributed by atoms with Crippen LogP contribution in [0.25, 0.3) is 11.6 Å². The molecule has 53 heavy (non-hydrogen) atoms. The molecule has 2 fully saturated rings. The summed E-state index contributed by atoms with van der Waals surface area (Å²) in [5.41, 5.74) is 5.46. The summed E-state index contributed by atoms with van der Waals surface area (Å²) in [5, 5.41) is 32.5. The van der Waals surface area contributed by atoms with Crippen LogP contribution in [0.3, 0.4) is 0 Å². The molecular weight excluding hydrogens is 688 g/mol. The summed E-state index contributed by atoms with van der Waals surface area (Å²) in [5.74, 6) is 0.921. The number of aliphatic hydroxyl groups is 2. The number of anilines is 1. The summed E-state index contributed by atoms with van der Waals surface area (Å²) >= 11 is 6.65. The van der Waals surface area contributed by atoms with Crippen molar-refractivity contribution in [3.8, 4) is 6.07 Å². The van der Waals surface area contributed by atoms with E-state index in [2.05, 4.69) is 49.7 Å². The SMILES string of the molecule is Cc1nccn1CC1=Cc2cccnc2C(N2CCN(C(O)N(CC3CCN(C(=O)C(C)(C)O)CC3)c3ccc(C#N)cc3)CC2)c2ccc(Cl)cc21. The minimum atomic E-state index is -1.40. The number of pyridine rings is 1. The highest BCUT2D eigenvalue weighted by Gasteiger charge is 2.37. The van der Waals surface area contributed by atoms with Crippen molar-refractivity contribution in [2.75, 3.05) is 50.7 Å². The highest BCUT2D eigenvalue weighted by molar-refractivity contribution is 6.30. The lowest BCUT2D eigenvalue weighted by molar-refractivity contribution is -0.149. The van der Waals surface area contributed by atoms with E-state index in [0.717, 1.165) is 52.3 Å². The maximum Gasteiger partial charge on any atom is 0.253 e. The van der Waals surface area contributed by atoms with Gasteiger partial charge in [0.15, 0.2) is 6.35 Å². The molecule has 0 bridgehead atoms. The van der Waals surface area contributed by atoms with E-state index in [-0.39, 0.29) is 17.9 Å². The number of aryl methyl sites for hydroxylation is 1. The van der Waals surface area contributed by atoms with Gasteiger partial charge >= 0.3 is 0 Å². The number of aromatic nitrogens is 3. The van der Waals surface area contributed by atoms with Crippen molar-refractivity contribution in [2.45, 2.75) is 58.2 Å². The van der Waals surface area contributed by atoms with Gasteiger partial charge in [-0.25, -0.2) is 4.98 Å². The van der Waals surface area contributed by atoms with Crippen LogP contribution < -0.4 is 4.90 Å². The average Bonchev–Trinajstić information content (AvgIpc) is 3.52. The number of allylic oxidation sites excluding steroid dienone is 1. The minimum absolute atomic E-state index is 0.109. The molecule has 2 atom stereocenters. The first kappa shape index (κ1) is 36.8. The van der Waals surface area contributed by atoms with Crippen molar-refractivity contribution < 1.29 is 15.0 Å². The van der Waals surface area contributed by atoms with Gasteiger partial charge in [-0.05, 0) is 110 Å². The number of rotatable bonds is 9. The lowest BCUT2D eigenvalue weighted by Crippen LogP contribution is -2.58. The normalized spacial score (nSPS) is 19.1. The van der Waals surface area contributed by atoms with E-state index < -0.39 is 12.0 Å². The van der Waals surface area contributed by atoms with Gasteiger partial charge in [-0.2, -0.15) is 5.26 Å². The number of amides is 1. The molecule has 3 aliphatic rings. The lowest BCUT2D eigenvalue weighted by atomic mass is 9.93. The van der Waals surface area contributed by atoms with Crippen LogP contribution in [0.15, 0.2) is 73.2 Å². The number of hydrogen-bond acceptors (Lipinski definition) is 9. The number of nitrogens with zero attached hydrogens (tertiary/aromatic N) is 8. The molecule has 0 saturated carbocycles. The summed E-state index contributed by atoms with van der Waals surface area (Å²) in [6.07, 6.45) is 8.56. The van der Waals surface area contributed by atoms with Gasteiger partial charge in [0.1, 0.15) is 11.4 Å². The number of imidazole rings is 1. The first-order chi connectivity index (χ1) is 25.5. The molecule has 1 aliphatic carbocycles. The van der Waals surface area contributed by atoms with Gasteiger partial charge in [-0.1, -0.05) is 23.7 Å². The number of carbonyl (C=O) groups is 1. The van der Waals surface area contributed by atoms with E-state index >= 15 is 0 Å². The Morgan fingerprint density at radius 3 is 2.43 bits per heavy atom. The van der Waals surface area contributed by atoms with Gasteiger partial charge in [0.05, 0.1) is 23.4 Å². The van der Waals surface area contributed by atoms with E-state index in [0.29, 0.717) is 62.9 Å². The molecule has 2 unspecified atom stereocenters. The molecular formula is C41H47ClN8O3. The van der Waals surface area contributed by atoms with Crippen molar-refractivity contribution in [3.63, 3.8) is 0 Å². The molecule has 2 saturated heterocycles. The Morgan fingerprint density at radius 2 is 1.77 bits per heavy atom. The molecule has 2 aliphatic heterocycles. The van der Waals surface area contributed by atoms with Crippen LogP contribution in [0, 0.1) is 24.2 Å². The molecule has 4 heterocycles. The number of fused-ring (bicyclic) bond motifs is 2. The third-order valence-corrected chi connectivity index (χ3v) is 11.1. The van der Waals surface area contributed by atoms with E-state index in [1.54, 1.807) is 17.0 Å². The number of halogens is 1. The minimum Gasteiger partial charge on any atom is -0.381 e. The van der Waals surface area contributed by atoms with Gasteiger partial charge < -0.3 is 24.6 Å². The maximum absolute atomic E-state index is 12.7. The first-order valence-electron chi connectivity index (χ1n) is 18.4. The number of likely N-dealkylation sites (tertiary alicyclic amines) is 1. The third-order valence-electron chi connectivity index (χ3n) is 10.9. The highest BCUT2D eigenvalue weighted by atomic mass is 35.5. The largest absolute Gasteiger partial charge is 0.381 e. The Kier molecular flexibility index (Phi) is 10.7. The van der Waals surface area contributed by atoms with Crippen molar-refractivity contribution in [3.05, 3.63) is 112 Å². The summed E-state index contributed by atoms with van der Waals surface area (Å²) in [6, 6.07) is 19.7. The number of carbonyl (C=O) groups excluding carboxylic acids is 1. The zero-order valence-corrected chi connectivity index (χ0v) is 31.3. The lowest BCUT2D eigenvalue weighted by Gasteiger charge is -2.45. The Labute approximate surface area is 316 Å². The topological polar surface area (TPSA) is 125 Å². The van der Waals surface area contributed by atoms with Crippen LogP contribution in [0.1, 0.15) is 66.5 Å². The molecule has 12 heteroatoms. The van der Waals surface area contributed by atoms with Crippen molar-refractivity contribution in [1.82, 2.24) is 29.2 Å². The van der Waals surface area contributed by atoms with Crippen LogP contribution in [0.5, 0.6) is 0 Å². The standard InChI is InChI=1S/C41H47ClN8O3/c1-28-44-15-18-49(28)27-32-23-31-5-4-14-45-37(31)38(35-11-8-33(42)24-36(32)35)46-19-21-48(22-20-46)40(52)50(34-9-6-29(25-43)7-10-34)26-30-12-16-47(17-13-30)39(51)41(2,3)53/h4-11,14-15,18,23-24,30,38,40,52-53H,12-13,16-17,19-22,26-27H2,1-3H3. The Bertz CT molecular complexity index is 2000. The Hall–Kier alpha value is -4.57. The summed E-state index contributed by atoms with van der Waals surface area (Å²) < 4.78 is 2.14. The predicted octanol–water partition coefficient (Wildman–Crippen LogP) is 5.16. The molecule has 2 aromatic heterocycles. The second kappa shape index (κ2) is 15.4. The molecule has 11 nitrogen and oxygen atoms in total. The average molecular weight is 735 g/mol. The molecule has 2 N–H and O–H groups in total.